The number of hydrogen-bond donors (Lipinski definition) is 1. The maximum atomic E-state index is 12.4. The van der Waals surface area contributed by atoms with Crippen LogP contribution in [0.2, 0.25) is 0 Å². The quantitative estimate of drug-likeness (QED) is 0.843. The summed E-state index contributed by atoms with van der Waals surface area (Å²) in [6.07, 6.45) is 6.87. The molecule has 1 aromatic carbocycles. The molecule has 0 spiro atoms. The first-order valence-corrected chi connectivity index (χ1v) is 11.0. The van der Waals surface area contributed by atoms with Gasteiger partial charge < -0.3 is 5.32 Å². The maximum absolute atomic E-state index is 12.4. The van der Waals surface area contributed by atoms with E-state index in [9.17, 15) is 4.79 Å². The van der Waals surface area contributed by atoms with Crippen molar-refractivity contribution in [3.8, 4) is 0 Å². The van der Waals surface area contributed by atoms with Crippen LogP contribution in [-0.4, -0.2) is 35.4 Å². The Morgan fingerprint density at radius 1 is 1.22 bits per heavy atom. The van der Waals surface area contributed by atoms with Crippen LogP contribution in [-0.2, 0) is 24.1 Å². The van der Waals surface area contributed by atoms with Gasteiger partial charge in [0.1, 0.15) is 0 Å². The number of piperidine rings is 1. The van der Waals surface area contributed by atoms with E-state index in [1.807, 2.05) is 0 Å². The second-order valence-corrected chi connectivity index (χ2v) is 9.28. The summed E-state index contributed by atoms with van der Waals surface area (Å²) < 4.78 is 0. The van der Waals surface area contributed by atoms with Gasteiger partial charge in [0.2, 0.25) is 5.91 Å². The van der Waals surface area contributed by atoms with Gasteiger partial charge in [0, 0.05) is 4.88 Å². The molecule has 1 aromatic heterocycles. The first-order chi connectivity index (χ1) is 13.2. The van der Waals surface area contributed by atoms with Crippen LogP contribution in [0.5, 0.6) is 0 Å². The fourth-order valence-electron chi connectivity index (χ4n) is 4.25. The normalized spacial score (nSPS) is 21.0. The number of anilines is 1. The number of carbonyl (C=O) groups excluding carboxylic acids is 1. The van der Waals surface area contributed by atoms with Gasteiger partial charge in [0.25, 0.3) is 0 Å². The lowest BCUT2D eigenvalue weighted by Gasteiger charge is -2.31. The number of aryl methyl sites for hydroxylation is 1. The number of thiazole rings is 1. The van der Waals surface area contributed by atoms with Gasteiger partial charge in [-0.05, 0) is 69.0 Å². The summed E-state index contributed by atoms with van der Waals surface area (Å²) in [6, 6.07) is 10.7. The molecule has 144 valence electrons. The molecule has 5 heteroatoms. The molecule has 1 aliphatic carbocycles. The Balaban J connectivity index is 1.23. The van der Waals surface area contributed by atoms with Gasteiger partial charge in [0.15, 0.2) is 5.13 Å². The third kappa shape index (κ3) is 4.96. The van der Waals surface area contributed by atoms with Crippen molar-refractivity contribution < 1.29 is 4.79 Å². The molecule has 0 saturated carbocycles. The number of carbonyl (C=O) groups is 1. The monoisotopic (exact) mass is 383 g/mol. The van der Waals surface area contributed by atoms with Crippen molar-refractivity contribution in [2.45, 2.75) is 45.4 Å². The molecule has 4 rings (SSSR count). The number of amides is 1. The molecule has 0 unspecified atom stereocenters. The highest BCUT2D eigenvalue weighted by Crippen LogP contribution is 2.32. The Kier molecular flexibility index (Phi) is 5.89. The van der Waals surface area contributed by atoms with Gasteiger partial charge >= 0.3 is 0 Å². The number of hydrogen-bond acceptors (Lipinski definition) is 4. The highest BCUT2D eigenvalue weighted by molar-refractivity contribution is 7.15. The average molecular weight is 384 g/mol. The zero-order valence-electron chi connectivity index (χ0n) is 16.1. The summed E-state index contributed by atoms with van der Waals surface area (Å²) in [5.41, 5.74) is 2.63. The van der Waals surface area contributed by atoms with Crippen molar-refractivity contribution >= 4 is 22.4 Å². The van der Waals surface area contributed by atoms with E-state index in [4.69, 9.17) is 0 Å². The maximum Gasteiger partial charge on any atom is 0.240 e. The third-order valence-corrected chi connectivity index (χ3v) is 6.91. The topological polar surface area (TPSA) is 45.2 Å². The zero-order chi connectivity index (χ0) is 18.6. The van der Waals surface area contributed by atoms with E-state index in [2.05, 4.69) is 52.5 Å². The van der Waals surface area contributed by atoms with Gasteiger partial charge in [-0.3, -0.25) is 9.69 Å². The smallest absolute Gasteiger partial charge is 0.240 e. The summed E-state index contributed by atoms with van der Waals surface area (Å²) in [5, 5.41) is 3.83. The van der Waals surface area contributed by atoms with E-state index in [1.54, 1.807) is 11.3 Å². The summed E-state index contributed by atoms with van der Waals surface area (Å²) in [6.45, 7) is 4.80. The van der Waals surface area contributed by atoms with Crippen molar-refractivity contribution in [3.63, 3.8) is 0 Å². The molecule has 1 N–H and O–H groups in total. The van der Waals surface area contributed by atoms with Gasteiger partial charge in [-0.1, -0.05) is 37.3 Å². The molecule has 1 aliphatic heterocycles. The van der Waals surface area contributed by atoms with E-state index in [-0.39, 0.29) is 5.91 Å². The standard InChI is InChI=1S/C22H29N3OS/c1-16-7-8-19-20(13-16)27-22(23-19)24-21(26)15-25-11-9-18(10-12-25)14-17-5-3-2-4-6-17/h2-6,16,18H,7-15H2,1H3,(H,23,24,26)/t16-/m1/s1. The summed E-state index contributed by atoms with van der Waals surface area (Å²) in [5.74, 6) is 1.55. The Labute approximate surface area is 166 Å². The summed E-state index contributed by atoms with van der Waals surface area (Å²) >= 11 is 1.67. The van der Waals surface area contributed by atoms with E-state index < -0.39 is 0 Å². The van der Waals surface area contributed by atoms with E-state index in [0.29, 0.717) is 6.54 Å². The molecule has 27 heavy (non-hydrogen) atoms. The molecule has 2 heterocycles. The lowest BCUT2D eigenvalue weighted by molar-refractivity contribution is -0.117. The first kappa shape index (κ1) is 18.6. The second kappa shape index (κ2) is 8.53. The van der Waals surface area contributed by atoms with Crippen LogP contribution in [0.15, 0.2) is 30.3 Å². The van der Waals surface area contributed by atoms with Crippen LogP contribution in [0.3, 0.4) is 0 Å². The second-order valence-electron chi connectivity index (χ2n) is 8.19. The minimum absolute atomic E-state index is 0.0793. The molecule has 2 aliphatic rings. The Morgan fingerprint density at radius 3 is 2.78 bits per heavy atom. The van der Waals surface area contributed by atoms with Crippen LogP contribution in [0.4, 0.5) is 5.13 Å². The average Bonchev–Trinajstić information content (AvgIpc) is 3.05. The van der Waals surface area contributed by atoms with Crippen molar-refractivity contribution in [1.82, 2.24) is 9.88 Å². The van der Waals surface area contributed by atoms with E-state index in [0.717, 1.165) is 49.3 Å². The minimum Gasteiger partial charge on any atom is -0.301 e. The number of rotatable bonds is 5. The SMILES string of the molecule is C[C@@H]1CCc2nc(NC(=O)CN3CCC(Cc4ccccc4)CC3)sc2C1. The Hall–Kier alpha value is -1.72. The number of likely N-dealkylation sites (tertiary alicyclic amines) is 1. The van der Waals surface area contributed by atoms with E-state index >= 15 is 0 Å². The van der Waals surface area contributed by atoms with Crippen LogP contribution in [0, 0.1) is 11.8 Å². The van der Waals surface area contributed by atoms with Crippen LogP contribution < -0.4 is 5.32 Å². The highest BCUT2D eigenvalue weighted by Gasteiger charge is 2.23. The molecular formula is C22H29N3OS. The Bertz CT molecular complexity index is 765. The number of benzene rings is 1. The predicted molar refractivity (Wildman–Crippen MR) is 111 cm³/mol. The zero-order valence-corrected chi connectivity index (χ0v) is 16.9. The van der Waals surface area contributed by atoms with Crippen LogP contribution in [0.1, 0.15) is 42.3 Å². The number of nitrogens with one attached hydrogen (secondary N) is 1. The van der Waals surface area contributed by atoms with Crippen molar-refractivity contribution in [2.24, 2.45) is 11.8 Å². The molecule has 2 aromatic rings. The van der Waals surface area contributed by atoms with Gasteiger partial charge in [0.05, 0.1) is 12.2 Å². The van der Waals surface area contributed by atoms with Crippen molar-refractivity contribution in [1.29, 1.82) is 0 Å². The third-order valence-electron chi connectivity index (χ3n) is 5.87. The number of fused-ring (bicyclic) bond motifs is 1. The molecular weight excluding hydrogens is 354 g/mol. The minimum atomic E-state index is 0.0793. The van der Waals surface area contributed by atoms with E-state index in [1.165, 1.54) is 35.4 Å². The molecule has 4 nitrogen and oxygen atoms in total. The molecule has 1 amide bonds. The predicted octanol–water partition coefficient (Wildman–Crippen LogP) is 4.16. The van der Waals surface area contributed by atoms with Crippen LogP contribution >= 0.6 is 11.3 Å². The molecule has 1 saturated heterocycles. The largest absolute Gasteiger partial charge is 0.301 e. The molecule has 1 fully saturated rings. The lowest BCUT2D eigenvalue weighted by atomic mass is 9.90. The fourth-order valence-corrected chi connectivity index (χ4v) is 5.44. The highest BCUT2D eigenvalue weighted by atomic mass is 32.1. The Morgan fingerprint density at radius 2 is 2.00 bits per heavy atom. The summed E-state index contributed by atoms with van der Waals surface area (Å²) in [7, 11) is 0. The molecule has 0 radical (unpaired) electrons. The first-order valence-electron chi connectivity index (χ1n) is 10.2. The van der Waals surface area contributed by atoms with Gasteiger partial charge in [-0.2, -0.15) is 0 Å². The molecule has 1 atom stereocenters. The van der Waals surface area contributed by atoms with Crippen LogP contribution in [0.25, 0.3) is 0 Å². The molecule has 0 bridgehead atoms. The lowest BCUT2D eigenvalue weighted by Crippen LogP contribution is -2.39. The fraction of sp³-hybridized carbons (Fsp3) is 0.545. The van der Waals surface area contributed by atoms with Gasteiger partial charge in [-0.15, -0.1) is 11.3 Å². The summed E-state index contributed by atoms with van der Waals surface area (Å²) in [4.78, 5) is 20.7. The number of nitrogens with zero attached hydrogens (tertiary/aromatic N) is 2. The van der Waals surface area contributed by atoms with Crippen molar-refractivity contribution in [3.05, 3.63) is 46.5 Å². The van der Waals surface area contributed by atoms with Gasteiger partial charge in [-0.25, -0.2) is 4.98 Å². The van der Waals surface area contributed by atoms with Crippen molar-refractivity contribution in [2.75, 3.05) is 25.0 Å². The number of aromatic nitrogens is 1.